The maximum atomic E-state index is 12.8. The molecule has 138 valence electrons. The molecule has 0 spiro atoms. The van der Waals surface area contributed by atoms with Crippen molar-refractivity contribution in [2.75, 3.05) is 26.2 Å². The summed E-state index contributed by atoms with van der Waals surface area (Å²) in [7, 11) is 0. The van der Waals surface area contributed by atoms with Crippen molar-refractivity contribution < 1.29 is 9.90 Å². The molecule has 2 aliphatic rings. The van der Waals surface area contributed by atoms with E-state index in [9.17, 15) is 9.90 Å². The summed E-state index contributed by atoms with van der Waals surface area (Å²) >= 11 is 5.97. The molecule has 0 bridgehead atoms. The van der Waals surface area contributed by atoms with Crippen molar-refractivity contribution in [1.82, 2.24) is 9.80 Å². The van der Waals surface area contributed by atoms with Gasteiger partial charge in [0.05, 0.1) is 11.4 Å². The number of halogens is 1. The van der Waals surface area contributed by atoms with Crippen LogP contribution in [0, 0.1) is 11.8 Å². The van der Waals surface area contributed by atoms with E-state index in [0.29, 0.717) is 23.4 Å². The largest absolute Gasteiger partial charge is 0.506 e. The third-order valence-electron chi connectivity index (χ3n) is 5.43. The first-order valence-corrected chi connectivity index (χ1v) is 9.81. The molecule has 1 aromatic rings. The number of carbonyl (C=O) groups is 1. The Morgan fingerprint density at radius 1 is 1.32 bits per heavy atom. The molecule has 2 fully saturated rings. The van der Waals surface area contributed by atoms with Crippen molar-refractivity contribution in [2.24, 2.45) is 11.8 Å². The van der Waals surface area contributed by atoms with Gasteiger partial charge in [0.2, 0.25) is 5.91 Å². The van der Waals surface area contributed by atoms with E-state index in [0.717, 1.165) is 37.5 Å². The van der Waals surface area contributed by atoms with E-state index < -0.39 is 0 Å². The van der Waals surface area contributed by atoms with Crippen LogP contribution in [0.5, 0.6) is 5.75 Å². The lowest BCUT2D eigenvalue weighted by Gasteiger charge is -2.34. The van der Waals surface area contributed by atoms with Gasteiger partial charge in [-0.15, -0.1) is 0 Å². The summed E-state index contributed by atoms with van der Waals surface area (Å²) in [5, 5.41) is 9.84. The Hall–Kier alpha value is -1.26. The fourth-order valence-corrected chi connectivity index (χ4v) is 3.93. The molecule has 25 heavy (non-hydrogen) atoms. The number of benzene rings is 1. The number of carbonyl (C=O) groups excluding carboxylic acids is 1. The Morgan fingerprint density at radius 3 is 2.72 bits per heavy atom. The van der Waals surface area contributed by atoms with Crippen LogP contribution in [0.2, 0.25) is 5.02 Å². The molecule has 0 aromatic heterocycles. The van der Waals surface area contributed by atoms with Gasteiger partial charge in [-0.3, -0.25) is 9.69 Å². The summed E-state index contributed by atoms with van der Waals surface area (Å²) in [6.45, 7) is 8.45. The summed E-state index contributed by atoms with van der Waals surface area (Å²) in [5.41, 5.74) is 0.855. The third-order valence-corrected chi connectivity index (χ3v) is 5.73. The molecular formula is C20H29ClN2O2. The monoisotopic (exact) mass is 364 g/mol. The zero-order chi connectivity index (χ0) is 18.0. The van der Waals surface area contributed by atoms with E-state index in [1.165, 1.54) is 19.4 Å². The average Bonchev–Trinajstić information content (AvgIpc) is 3.38. The van der Waals surface area contributed by atoms with E-state index in [1.54, 1.807) is 18.2 Å². The van der Waals surface area contributed by atoms with Crippen molar-refractivity contribution in [2.45, 2.75) is 45.6 Å². The molecule has 0 radical (unpaired) electrons. The Kier molecular flexibility index (Phi) is 5.90. The van der Waals surface area contributed by atoms with Gasteiger partial charge in [0.25, 0.3) is 0 Å². The Bertz CT molecular complexity index is 616. The molecule has 1 heterocycles. The van der Waals surface area contributed by atoms with Gasteiger partial charge < -0.3 is 10.0 Å². The minimum absolute atomic E-state index is 0.0585. The van der Waals surface area contributed by atoms with Crippen molar-refractivity contribution in [1.29, 1.82) is 0 Å². The molecule has 1 aromatic carbocycles. The number of phenolic OH excluding ortho intramolecular Hbond substituents is 1. The average molecular weight is 365 g/mol. The van der Waals surface area contributed by atoms with Crippen LogP contribution in [-0.2, 0) is 11.2 Å². The van der Waals surface area contributed by atoms with Crippen LogP contribution in [0.15, 0.2) is 18.2 Å². The fourth-order valence-electron chi connectivity index (χ4n) is 3.73. The van der Waals surface area contributed by atoms with E-state index in [2.05, 4.69) is 18.7 Å². The normalized spacial score (nSPS) is 22.2. The van der Waals surface area contributed by atoms with Gasteiger partial charge in [-0.25, -0.2) is 0 Å². The van der Waals surface area contributed by atoms with Crippen LogP contribution >= 0.6 is 11.6 Å². The molecule has 1 atom stereocenters. The maximum absolute atomic E-state index is 12.8. The first-order valence-electron chi connectivity index (χ1n) is 9.43. The van der Waals surface area contributed by atoms with Crippen molar-refractivity contribution in [3.8, 4) is 5.75 Å². The quantitative estimate of drug-likeness (QED) is 0.868. The molecule has 0 unspecified atom stereocenters. The molecule has 1 N–H and O–H groups in total. The Morgan fingerprint density at radius 2 is 2.08 bits per heavy atom. The first-order chi connectivity index (χ1) is 11.9. The minimum Gasteiger partial charge on any atom is -0.506 e. The van der Waals surface area contributed by atoms with Gasteiger partial charge in [-0.2, -0.15) is 0 Å². The predicted molar refractivity (Wildman–Crippen MR) is 101 cm³/mol. The maximum Gasteiger partial charge on any atom is 0.227 e. The SMILES string of the molecule is CC(C)[C@@H]1CN(C(=O)Cc2ccc(O)c(Cl)c2)CCCN1CC1CC1. The second-order valence-corrected chi connectivity index (χ2v) is 8.31. The van der Waals surface area contributed by atoms with Gasteiger partial charge >= 0.3 is 0 Å². The lowest BCUT2D eigenvalue weighted by atomic mass is 10.0. The molecule has 5 heteroatoms. The topological polar surface area (TPSA) is 43.8 Å². The summed E-state index contributed by atoms with van der Waals surface area (Å²) in [6.07, 6.45) is 4.11. The summed E-state index contributed by atoms with van der Waals surface area (Å²) in [4.78, 5) is 17.5. The lowest BCUT2D eigenvalue weighted by Crippen LogP contribution is -2.46. The zero-order valence-corrected chi connectivity index (χ0v) is 16.0. The van der Waals surface area contributed by atoms with Crippen LogP contribution in [0.4, 0.5) is 0 Å². The Balaban J connectivity index is 1.65. The molecular weight excluding hydrogens is 336 g/mol. The van der Waals surface area contributed by atoms with Crippen molar-refractivity contribution in [3.63, 3.8) is 0 Å². The van der Waals surface area contributed by atoms with Crippen LogP contribution in [0.3, 0.4) is 0 Å². The summed E-state index contributed by atoms with van der Waals surface area (Å²) in [6, 6.07) is 5.46. The second-order valence-electron chi connectivity index (χ2n) is 7.91. The van der Waals surface area contributed by atoms with Crippen LogP contribution in [0.1, 0.15) is 38.7 Å². The minimum atomic E-state index is 0.0585. The molecule has 4 nitrogen and oxygen atoms in total. The number of hydrogen-bond acceptors (Lipinski definition) is 3. The molecule has 1 aliphatic heterocycles. The highest BCUT2D eigenvalue weighted by Crippen LogP contribution is 2.32. The van der Waals surface area contributed by atoms with Crippen molar-refractivity contribution in [3.05, 3.63) is 28.8 Å². The number of rotatable bonds is 5. The first kappa shape index (κ1) is 18.5. The molecule has 1 saturated carbocycles. The predicted octanol–water partition coefficient (Wildman–Crippen LogP) is 3.56. The van der Waals surface area contributed by atoms with E-state index in [4.69, 9.17) is 11.6 Å². The molecule has 3 rings (SSSR count). The van der Waals surface area contributed by atoms with Gasteiger partial charge in [-0.1, -0.05) is 31.5 Å². The van der Waals surface area contributed by atoms with Crippen LogP contribution in [0.25, 0.3) is 0 Å². The van der Waals surface area contributed by atoms with E-state index >= 15 is 0 Å². The third kappa shape index (κ3) is 4.89. The smallest absolute Gasteiger partial charge is 0.227 e. The summed E-state index contributed by atoms with van der Waals surface area (Å²) < 4.78 is 0. The van der Waals surface area contributed by atoms with Gasteiger partial charge in [-0.05, 0) is 48.8 Å². The van der Waals surface area contributed by atoms with Crippen LogP contribution < -0.4 is 0 Å². The number of hydrogen-bond donors (Lipinski definition) is 1. The van der Waals surface area contributed by atoms with E-state index in [1.807, 2.05) is 4.90 Å². The number of phenols is 1. The number of aromatic hydroxyl groups is 1. The Labute approximate surface area is 155 Å². The fraction of sp³-hybridized carbons (Fsp3) is 0.650. The van der Waals surface area contributed by atoms with Gasteiger partial charge in [0.1, 0.15) is 5.75 Å². The molecule has 1 amide bonds. The van der Waals surface area contributed by atoms with Gasteiger partial charge in [0, 0.05) is 32.2 Å². The summed E-state index contributed by atoms with van der Waals surface area (Å²) in [5.74, 6) is 1.63. The van der Waals surface area contributed by atoms with Crippen LogP contribution in [-0.4, -0.2) is 53.0 Å². The second kappa shape index (κ2) is 7.96. The molecule has 1 saturated heterocycles. The standard InChI is InChI=1S/C20H29ClN2O2/c1-14(2)18-13-23(9-3-8-22(18)12-15-4-5-15)20(25)11-16-6-7-19(24)17(21)10-16/h6-7,10,14-15,18,24H,3-5,8-9,11-13H2,1-2H3/t18-/m0/s1. The van der Waals surface area contributed by atoms with Gasteiger partial charge in [0.15, 0.2) is 0 Å². The number of nitrogens with zero attached hydrogens (tertiary/aromatic N) is 2. The van der Waals surface area contributed by atoms with E-state index in [-0.39, 0.29) is 11.7 Å². The van der Waals surface area contributed by atoms with Crippen molar-refractivity contribution >= 4 is 17.5 Å². The zero-order valence-electron chi connectivity index (χ0n) is 15.2. The highest BCUT2D eigenvalue weighted by atomic mass is 35.5. The highest BCUT2D eigenvalue weighted by Gasteiger charge is 2.33. The lowest BCUT2D eigenvalue weighted by molar-refractivity contribution is -0.131. The highest BCUT2D eigenvalue weighted by molar-refractivity contribution is 6.32. The molecule has 1 aliphatic carbocycles. The number of amides is 1.